The lowest BCUT2D eigenvalue weighted by atomic mass is 10.3. The summed E-state index contributed by atoms with van der Waals surface area (Å²) >= 11 is 5.37. The second kappa shape index (κ2) is 9.84. The van der Waals surface area contributed by atoms with E-state index in [0.717, 1.165) is 45.7 Å². The molecule has 0 aliphatic carbocycles. The third kappa shape index (κ3) is 5.32. The number of sulfonamides is 1. The van der Waals surface area contributed by atoms with E-state index in [1.807, 2.05) is 0 Å². The molecule has 2 aliphatic rings. The molecule has 1 aromatic rings. The molecule has 2 fully saturated rings. The Balaban J connectivity index is 1.62. The first-order chi connectivity index (χ1) is 13.5. The van der Waals surface area contributed by atoms with E-state index in [-0.39, 0.29) is 4.90 Å². The molecule has 0 aromatic heterocycles. The zero-order valence-electron chi connectivity index (χ0n) is 16.1. The largest absolute Gasteiger partial charge is 0.495 e. The Bertz CT molecular complexity index is 776. The van der Waals surface area contributed by atoms with Gasteiger partial charge in [-0.05, 0) is 43.3 Å². The maximum Gasteiger partial charge on any atom is 0.243 e. The first-order valence-corrected chi connectivity index (χ1v) is 11.4. The van der Waals surface area contributed by atoms with Crippen molar-refractivity contribution < 1.29 is 17.9 Å². The van der Waals surface area contributed by atoms with E-state index in [1.54, 1.807) is 25.3 Å². The molecule has 156 valence electrons. The van der Waals surface area contributed by atoms with Crippen LogP contribution in [0.5, 0.6) is 5.75 Å². The predicted octanol–water partition coefficient (Wildman–Crippen LogP) is 1.10. The van der Waals surface area contributed by atoms with Crippen LogP contribution in [0.1, 0.15) is 12.8 Å². The Hall–Kier alpha value is -1.46. The number of morpholine rings is 1. The van der Waals surface area contributed by atoms with Crippen molar-refractivity contribution in [2.24, 2.45) is 0 Å². The molecule has 0 radical (unpaired) electrons. The second-order valence-electron chi connectivity index (χ2n) is 6.81. The molecule has 0 saturated carbocycles. The fourth-order valence-corrected chi connectivity index (χ4v) is 5.10. The molecule has 28 heavy (non-hydrogen) atoms. The first kappa shape index (κ1) is 21.3. The summed E-state index contributed by atoms with van der Waals surface area (Å²) in [5.41, 5.74) is 0.534. The molecule has 0 atom stereocenters. The molecule has 2 saturated heterocycles. The van der Waals surface area contributed by atoms with Gasteiger partial charge in [-0.25, -0.2) is 8.42 Å². The minimum Gasteiger partial charge on any atom is -0.495 e. The minimum atomic E-state index is -3.50. The number of methoxy groups -OCH3 is 1. The summed E-state index contributed by atoms with van der Waals surface area (Å²) in [5.74, 6) is 0.540. The minimum absolute atomic E-state index is 0.244. The van der Waals surface area contributed by atoms with Gasteiger partial charge in [0.2, 0.25) is 10.0 Å². The van der Waals surface area contributed by atoms with Gasteiger partial charge in [-0.2, -0.15) is 4.31 Å². The van der Waals surface area contributed by atoms with E-state index in [2.05, 4.69) is 15.5 Å². The van der Waals surface area contributed by atoms with Crippen LogP contribution in [-0.2, 0) is 14.8 Å². The number of thiocarbonyl (C=S) groups is 1. The number of nitrogens with one attached hydrogen (secondary N) is 2. The highest BCUT2D eigenvalue weighted by atomic mass is 32.2. The van der Waals surface area contributed by atoms with Crippen LogP contribution < -0.4 is 15.4 Å². The van der Waals surface area contributed by atoms with E-state index in [4.69, 9.17) is 21.7 Å². The van der Waals surface area contributed by atoms with E-state index >= 15 is 0 Å². The molecule has 0 bridgehead atoms. The lowest BCUT2D eigenvalue weighted by Crippen LogP contribution is -2.42. The third-order valence-electron chi connectivity index (χ3n) is 4.94. The van der Waals surface area contributed by atoms with Gasteiger partial charge in [0.25, 0.3) is 0 Å². The fraction of sp³-hybridized carbons (Fsp3) is 0.611. The molecule has 2 aliphatic heterocycles. The quantitative estimate of drug-likeness (QED) is 0.625. The Kier molecular flexibility index (Phi) is 7.47. The van der Waals surface area contributed by atoms with E-state index < -0.39 is 10.0 Å². The Labute approximate surface area is 172 Å². The third-order valence-corrected chi connectivity index (χ3v) is 7.08. The van der Waals surface area contributed by atoms with Crippen LogP contribution in [0.2, 0.25) is 0 Å². The van der Waals surface area contributed by atoms with Crippen molar-refractivity contribution >= 4 is 33.0 Å². The van der Waals surface area contributed by atoms with Crippen LogP contribution in [0.4, 0.5) is 5.69 Å². The van der Waals surface area contributed by atoms with Gasteiger partial charge in [0.05, 0.1) is 30.9 Å². The van der Waals surface area contributed by atoms with Gasteiger partial charge in [-0.3, -0.25) is 4.90 Å². The van der Waals surface area contributed by atoms with Crippen molar-refractivity contribution in [1.82, 2.24) is 14.5 Å². The highest BCUT2D eigenvalue weighted by molar-refractivity contribution is 7.89. The van der Waals surface area contributed by atoms with E-state index in [0.29, 0.717) is 36.2 Å². The number of ether oxygens (including phenoxy) is 2. The van der Waals surface area contributed by atoms with Gasteiger partial charge in [0.15, 0.2) is 5.11 Å². The smallest absolute Gasteiger partial charge is 0.243 e. The topological polar surface area (TPSA) is 83.1 Å². The van der Waals surface area contributed by atoms with E-state index in [1.165, 1.54) is 4.31 Å². The molecule has 3 rings (SSSR count). The first-order valence-electron chi connectivity index (χ1n) is 9.54. The highest BCUT2D eigenvalue weighted by Crippen LogP contribution is 2.30. The monoisotopic (exact) mass is 428 g/mol. The zero-order chi connectivity index (χ0) is 20.0. The maximum atomic E-state index is 12.8. The Morgan fingerprint density at radius 3 is 2.61 bits per heavy atom. The normalized spacial score (nSPS) is 18.8. The van der Waals surface area contributed by atoms with Gasteiger partial charge in [0.1, 0.15) is 5.75 Å². The molecule has 0 amide bonds. The van der Waals surface area contributed by atoms with Crippen LogP contribution in [0.25, 0.3) is 0 Å². The number of hydrogen-bond donors (Lipinski definition) is 2. The maximum absolute atomic E-state index is 12.8. The molecule has 8 nitrogen and oxygen atoms in total. The number of rotatable bonds is 7. The molecule has 2 N–H and O–H groups in total. The van der Waals surface area contributed by atoms with Crippen LogP contribution in [0.3, 0.4) is 0 Å². The number of hydrogen-bond acceptors (Lipinski definition) is 6. The van der Waals surface area contributed by atoms with Gasteiger partial charge in [0, 0.05) is 39.3 Å². The predicted molar refractivity (Wildman–Crippen MR) is 112 cm³/mol. The summed E-state index contributed by atoms with van der Waals surface area (Å²) in [6.45, 7) is 6.07. The molecule has 2 heterocycles. The fourth-order valence-electron chi connectivity index (χ4n) is 3.34. The zero-order valence-corrected chi connectivity index (χ0v) is 17.8. The lowest BCUT2D eigenvalue weighted by Gasteiger charge is -2.26. The molecule has 0 unspecified atom stereocenters. The number of nitrogens with zero attached hydrogens (tertiary/aromatic N) is 2. The van der Waals surface area contributed by atoms with Gasteiger partial charge >= 0.3 is 0 Å². The number of anilines is 1. The van der Waals surface area contributed by atoms with Crippen molar-refractivity contribution in [2.75, 3.05) is 64.9 Å². The van der Waals surface area contributed by atoms with Crippen LogP contribution in [0, 0.1) is 0 Å². The van der Waals surface area contributed by atoms with Crippen molar-refractivity contribution in [3.05, 3.63) is 18.2 Å². The molecule has 0 spiro atoms. The van der Waals surface area contributed by atoms with Gasteiger partial charge in [-0.15, -0.1) is 0 Å². The molecular formula is C18H28N4O4S2. The lowest BCUT2D eigenvalue weighted by molar-refractivity contribution is 0.0389. The average molecular weight is 429 g/mol. The summed E-state index contributed by atoms with van der Waals surface area (Å²) in [5, 5.41) is 6.67. The average Bonchev–Trinajstić information content (AvgIpc) is 3.24. The SMILES string of the molecule is COc1ccc(S(=O)(=O)N2CCCC2)cc1NC(=S)NCCN1CCOCC1. The standard InChI is InChI=1S/C18H28N4O4S2/c1-25-17-5-4-15(28(23,24)22-7-2-3-8-22)14-16(17)20-18(27)19-6-9-21-10-12-26-13-11-21/h4-5,14H,2-3,6-13H2,1H3,(H2,19,20,27). The molecule has 1 aromatic carbocycles. The van der Waals surface area contributed by atoms with Gasteiger partial charge < -0.3 is 20.1 Å². The summed E-state index contributed by atoms with van der Waals surface area (Å²) in [6, 6.07) is 4.82. The van der Waals surface area contributed by atoms with E-state index in [9.17, 15) is 8.42 Å². The van der Waals surface area contributed by atoms with Crippen molar-refractivity contribution in [1.29, 1.82) is 0 Å². The molecule has 10 heteroatoms. The van der Waals surface area contributed by atoms with Crippen LogP contribution in [0.15, 0.2) is 23.1 Å². The van der Waals surface area contributed by atoms with Gasteiger partial charge in [-0.1, -0.05) is 0 Å². The Morgan fingerprint density at radius 1 is 1.21 bits per heavy atom. The van der Waals surface area contributed by atoms with Crippen molar-refractivity contribution in [3.8, 4) is 5.75 Å². The highest BCUT2D eigenvalue weighted by Gasteiger charge is 2.28. The van der Waals surface area contributed by atoms with Crippen LogP contribution >= 0.6 is 12.2 Å². The Morgan fingerprint density at radius 2 is 1.93 bits per heavy atom. The van der Waals surface area contributed by atoms with Crippen molar-refractivity contribution in [2.45, 2.75) is 17.7 Å². The summed E-state index contributed by atoms with van der Waals surface area (Å²) in [4.78, 5) is 2.55. The summed E-state index contributed by atoms with van der Waals surface area (Å²) in [7, 11) is -1.95. The van der Waals surface area contributed by atoms with Crippen LogP contribution in [-0.4, -0.2) is 82.3 Å². The summed E-state index contributed by atoms with van der Waals surface area (Å²) in [6.07, 6.45) is 1.80. The summed E-state index contributed by atoms with van der Waals surface area (Å²) < 4.78 is 37.8. The number of benzene rings is 1. The molecular weight excluding hydrogens is 400 g/mol. The van der Waals surface area contributed by atoms with Crippen molar-refractivity contribution in [3.63, 3.8) is 0 Å². The second-order valence-corrected chi connectivity index (χ2v) is 9.15.